The summed E-state index contributed by atoms with van der Waals surface area (Å²) in [5.74, 6) is 2.61. The lowest BCUT2D eigenvalue weighted by Crippen LogP contribution is -2.26. The molecule has 1 aliphatic rings. The minimum absolute atomic E-state index is 0.280. The highest BCUT2D eigenvalue weighted by Gasteiger charge is 2.19. The molecule has 0 saturated carbocycles. The summed E-state index contributed by atoms with van der Waals surface area (Å²) >= 11 is 0. The molecule has 0 radical (unpaired) electrons. The Morgan fingerprint density at radius 3 is 2.59 bits per heavy atom. The summed E-state index contributed by atoms with van der Waals surface area (Å²) in [6, 6.07) is 16.2. The second-order valence-electron chi connectivity index (χ2n) is 7.46. The summed E-state index contributed by atoms with van der Waals surface area (Å²) in [5, 5.41) is 8.19. The molecular weight excluding hydrogens is 362 g/mol. The van der Waals surface area contributed by atoms with E-state index in [0.717, 1.165) is 36.6 Å². The van der Waals surface area contributed by atoms with Crippen LogP contribution in [0.1, 0.15) is 37.3 Å². The van der Waals surface area contributed by atoms with E-state index in [1.807, 2.05) is 50.2 Å². The molecule has 5 heteroatoms. The highest BCUT2D eigenvalue weighted by molar-refractivity contribution is 5.51. The van der Waals surface area contributed by atoms with Crippen molar-refractivity contribution in [2.45, 2.75) is 39.7 Å². The zero-order valence-electron chi connectivity index (χ0n) is 17.9. The van der Waals surface area contributed by atoms with E-state index >= 15 is 0 Å². The Hall–Kier alpha value is -2.66. The second-order valence-corrected chi connectivity index (χ2v) is 7.46. The van der Waals surface area contributed by atoms with Gasteiger partial charge in [0, 0.05) is 12.1 Å². The lowest BCUT2D eigenvalue weighted by molar-refractivity contribution is 0.263. The summed E-state index contributed by atoms with van der Waals surface area (Å²) in [7, 11) is 4.29. The molecule has 2 aromatic carbocycles. The van der Waals surface area contributed by atoms with Crippen LogP contribution in [0.2, 0.25) is 0 Å². The molecule has 154 valence electrons. The molecule has 0 saturated heterocycles. The molecule has 0 spiro atoms. The van der Waals surface area contributed by atoms with Crippen molar-refractivity contribution in [2.75, 3.05) is 20.6 Å². The van der Waals surface area contributed by atoms with E-state index in [2.05, 4.69) is 41.3 Å². The topological polar surface area (TPSA) is 51.4 Å². The Morgan fingerprint density at radius 2 is 1.83 bits per heavy atom. The van der Waals surface area contributed by atoms with E-state index in [9.17, 15) is 0 Å². The fourth-order valence-electron chi connectivity index (χ4n) is 3.72. The quantitative estimate of drug-likeness (QED) is 0.589. The minimum Gasteiger partial charge on any atom is -0.484 e. The number of aryl methyl sites for hydroxylation is 1. The van der Waals surface area contributed by atoms with Crippen molar-refractivity contribution in [1.29, 1.82) is 0 Å². The Labute approximate surface area is 173 Å². The van der Waals surface area contributed by atoms with Crippen LogP contribution in [0.4, 0.5) is 0 Å². The Balaban J connectivity index is 0.00000117. The predicted molar refractivity (Wildman–Crippen MR) is 116 cm³/mol. The number of rotatable bonds is 6. The van der Waals surface area contributed by atoms with Crippen LogP contribution in [-0.4, -0.2) is 35.7 Å². The van der Waals surface area contributed by atoms with Crippen molar-refractivity contribution in [3.05, 3.63) is 65.5 Å². The van der Waals surface area contributed by atoms with Crippen molar-refractivity contribution in [3.63, 3.8) is 0 Å². The molecule has 4 rings (SSSR count). The van der Waals surface area contributed by atoms with Gasteiger partial charge in [0.15, 0.2) is 6.61 Å². The van der Waals surface area contributed by atoms with Crippen molar-refractivity contribution in [2.24, 2.45) is 5.92 Å². The summed E-state index contributed by atoms with van der Waals surface area (Å²) in [6.07, 6.45) is 3.50. The van der Waals surface area contributed by atoms with E-state index in [1.165, 1.54) is 17.5 Å². The van der Waals surface area contributed by atoms with Gasteiger partial charge < -0.3 is 14.1 Å². The molecule has 0 bridgehead atoms. The van der Waals surface area contributed by atoms with Crippen molar-refractivity contribution < 1.29 is 9.15 Å². The third-order valence-corrected chi connectivity index (χ3v) is 4.98. The van der Waals surface area contributed by atoms with Crippen LogP contribution in [0.3, 0.4) is 0 Å². The van der Waals surface area contributed by atoms with E-state index in [-0.39, 0.29) is 6.61 Å². The molecule has 29 heavy (non-hydrogen) atoms. The van der Waals surface area contributed by atoms with Gasteiger partial charge in [0.05, 0.1) is 0 Å². The van der Waals surface area contributed by atoms with Gasteiger partial charge in [-0.2, -0.15) is 0 Å². The summed E-state index contributed by atoms with van der Waals surface area (Å²) in [5.41, 5.74) is 3.76. The highest BCUT2D eigenvalue weighted by atomic mass is 16.5. The number of hydrogen-bond acceptors (Lipinski definition) is 5. The van der Waals surface area contributed by atoms with Crippen LogP contribution < -0.4 is 4.74 Å². The maximum Gasteiger partial charge on any atom is 0.254 e. The van der Waals surface area contributed by atoms with Gasteiger partial charge in [-0.3, -0.25) is 0 Å². The number of ether oxygens (including phenoxy) is 1. The molecule has 5 nitrogen and oxygen atoms in total. The maximum atomic E-state index is 5.89. The van der Waals surface area contributed by atoms with Gasteiger partial charge in [-0.05, 0) is 74.7 Å². The van der Waals surface area contributed by atoms with Crippen LogP contribution in [0.15, 0.2) is 52.9 Å². The third kappa shape index (κ3) is 5.67. The molecule has 0 aliphatic heterocycles. The molecule has 3 aromatic rings. The number of benzene rings is 2. The molecule has 0 N–H and O–H groups in total. The zero-order chi connectivity index (χ0) is 20.6. The van der Waals surface area contributed by atoms with Crippen LogP contribution in [0, 0.1) is 5.92 Å². The maximum absolute atomic E-state index is 5.89. The van der Waals surface area contributed by atoms with E-state index in [0.29, 0.717) is 11.8 Å². The molecule has 1 atom stereocenters. The first kappa shape index (κ1) is 21.1. The monoisotopic (exact) mass is 393 g/mol. The van der Waals surface area contributed by atoms with E-state index < -0.39 is 0 Å². The minimum atomic E-state index is 0.280. The van der Waals surface area contributed by atoms with E-state index in [1.54, 1.807) is 0 Å². The van der Waals surface area contributed by atoms with Gasteiger partial charge in [-0.1, -0.05) is 38.1 Å². The molecular formula is C24H31N3O2. The Kier molecular flexibility index (Phi) is 7.42. The average molecular weight is 394 g/mol. The predicted octanol–water partition coefficient (Wildman–Crippen LogP) is 5.01. The first-order valence-electron chi connectivity index (χ1n) is 10.4. The second kappa shape index (κ2) is 10.2. The molecule has 1 aromatic heterocycles. The molecule has 1 heterocycles. The van der Waals surface area contributed by atoms with Gasteiger partial charge >= 0.3 is 0 Å². The molecule has 1 unspecified atom stereocenters. The molecule has 0 fully saturated rings. The number of nitrogens with zero attached hydrogens (tertiary/aromatic N) is 3. The van der Waals surface area contributed by atoms with Crippen LogP contribution in [0.25, 0.3) is 11.5 Å². The van der Waals surface area contributed by atoms with Crippen molar-refractivity contribution in [1.82, 2.24) is 15.1 Å². The lowest BCUT2D eigenvalue weighted by Gasteiger charge is -2.27. The van der Waals surface area contributed by atoms with Gasteiger partial charge in [0.25, 0.3) is 5.89 Å². The summed E-state index contributed by atoms with van der Waals surface area (Å²) in [6.45, 7) is 5.43. The van der Waals surface area contributed by atoms with Crippen LogP contribution >= 0.6 is 0 Å². The Morgan fingerprint density at radius 1 is 1.03 bits per heavy atom. The number of aromatic nitrogens is 2. The molecule has 1 aliphatic carbocycles. The van der Waals surface area contributed by atoms with Gasteiger partial charge in [-0.25, -0.2) is 0 Å². The first-order chi connectivity index (χ1) is 14.2. The van der Waals surface area contributed by atoms with Crippen molar-refractivity contribution >= 4 is 0 Å². The van der Waals surface area contributed by atoms with Gasteiger partial charge in [0.1, 0.15) is 5.75 Å². The third-order valence-electron chi connectivity index (χ3n) is 4.98. The fraction of sp³-hybridized carbons (Fsp3) is 0.417. The standard InChI is InChI=1S/C22H25N3O2.C2H6/c1-25(2)14-16-8-9-19-13-20(11-10-18(19)12-16)26-15-21-23-24-22(27-21)17-6-4-3-5-7-17;1-2/h3-7,10-11,13,16H,8-9,12,14-15H2,1-2H3;1-2H3. The summed E-state index contributed by atoms with van der Waals surface area (Å²) < 4.78 is 11.6. The SMILES string of the molecule is CC.CN(C)CC1CCc2cc(OCc3nnc(-c4ccccc4)o3)ccc2C1. The lowest BCUT2D eigenvalue weighted by atomic mass is 9.83. The van der Waals surface area contributed by atoms with Crippen LogP contribution in [-0.2, 0) is 19.4 Å². The smallest absolute Gasteiger partial charge is 0.254 e. The van der Waals surface area contributed by atoms with E-state index in [4.69, 9.17) is 9.15 Å². The normalized spacial score (nSPS) is 15.4. The largest absolute Gasteiger partial charge is 0.484 e. The average Bonchev–Trinajstić information content (AvgIpc) is 3.23. The zero-order valence-corrected chi connectivity index (χ0v) is 17.9. The Bertz CT molecular complexity index is 890. The fourth-order valence-corrected chi connectivity index (χ4v) is 3.72. The van der Waals surface area contributed by atoms with Gasteiger partial charge in [-0.15, -0.1) is 10.2 Å². The number of hydrogen-bond donors (Lipinski definition) is 0. The molecule has 0 amide bonds. The highest BCUT2D eigenvalue weighted by Crippen LogP contribution is 2.29. The number of fused-ring (bicyclic) bond motifs is 1. The summed E-state index contributed by atoms with van der Waals surface area (Å²) in [4.78, 5) is 2.28. The first-order valence-corrected chi connectivity index (χ1v) is 10.4. The van der Waals surface area contributed by atoms with Crippen LogP contribution in [0.5, 0.6) is 5.75 Å². The van der Waals surface area contributed by atoms with Crippen molar-refractivity contribution in [3.8, 4) is 17.2 Å². The van der Waals surface area contributed by atoms with Gasteiger partial charge in [0.2, 0.25) is 5.89 Å².